The van der Waals surface area contributed by atoms with Gasteiger partial charge in [-0.3, -0.25) is 5.32 Å². The molecule has 0 unspecified atom stereocenters. The van der Waals surface area contributed by atoms with E-state index in [0.29, 0.717) is 5.17 Å². The van der Waals surface area contributed by atoms with Gasteiger partial charge in [-0.2, -0.15) is 5.26 Å². The average Bonchev–Trinajstić information content (AvgIpc) is 2.85. The molecule has 19 heavy (non-hydrogen) atoms. The van der Waals surface area contributed by atoms with E-state index in [9.17, 15) is 0 Å². The molecule has 1 N–H and O–H groups in total. The fourth-order valence-electron chi connectivity index (χ4n) is 1.52. The highest BCUT2D eigenvalue weighted by molar-refractivity contribution is 8.13. The molecule has 1 heterocycles. The predicted octanol–water partition coefficient (Wildman–Crippen LogP) is 1.90. The number of hydrogen-bond acceptors (Lipinski definition) is 5. The van der Waals surface area contributed by atoms with E-state index in [-0.39, 0.29) is 0 Å². The Hall–Kier alpha value is -2.33. The van der Waals surface area contributed by atoms with Crippen molar-refractivity contribution < 1.29 is 0 Å². The number of aromatic nitrogens is 3. The highest BCUT2D eigenvalue weighted by atomic mass is 32.2. The molecule has 0 amide bonds. The van der Waals surface area contributed by atoms with Crippen LogP contribution in [0.2, 0.25) is 0 Å². The van der Waals surface area contributed by atoms with Crippen LogP contribution in [-0.4, -0.2) is 26.2 Å². The predicted molar refractivity (Wildman–Crippen MR) is 75.8 cm³/mol. The second kappa shape index (κ2) is 6.02. The van der Waals surface area contributed by atoms with Crippen molar-refractivity contribution in [2.45, 2.75) is 0 Å². The molecule has 7 heteroatoms. The summed E-state index contributed by atoms with van der Waals surface area (Å²) < 4.78 is 1.85. The number of nitrogens with zero attached hydrogens (tertiary/aromatic N) is 5. The molecule has 0 saturated heterocycles. The SMILES string of the molecule is CSC(=Nc1ccc(-c2nncn2C)cc1)NC#N. The van der Waals surface area contributed by atoms with E-state index in [1.165, 1.54) is 11.8 Å². The van der Waals surface area contributed by atoms with E-state index in [0.717, 1.165) is 17.1 Å². The van der Waals surface area contributed by atoms with Crippen molar-refractivity contribution in [1.29, 1.82) is 5.26 Å². The zero-order valence-electron chi connectivity index (χ0n) is 10.5. The molecule has 0 aliphatic carbocycles. The van der Waals surface area contributed by atoms with Crippen LogP contribution in [0.1, 0.15) is 0 Å². The number of nitrogens with one attached hydrogen (secondary N) is 1. The highest BCUT2D eigenvalue weighted by Gasteiger charge is 2.04. The van der Waals surface area contributed by atoms with Crippen molar-refractivity contribution in [3.8, 4) is 17.6 Å². The first-order valence-corrected chi connectivity index (χ1v) is 6.69. The number of benzene rings is 1. The fourth-order valence-corrected chi connectivity index (χ4v) is 1.86. The van der Waals surface area contributed by atoms with E-state index in [1.54, 1.807) is 6.33 Å². The van der Waals surface area contributed by atoms with Crippen molar-refractivity contribution in [2.75, 3.05) is 6.26 Å². The maximum absolute atomic E-state index is 8.57. The summed E-state index contributed by atoms with van der Waals surface area (Å²) in [7, 11) is 1.89. The molecule has 0 spiro atoms. The maximum atomic E-state index is 8.57. The van der Waals surface area contributed by atoms with Crippen LogP contribution >= 0.6 is 11.8 Å². The highest BCUT2D eigenvalue weighted by Crippen LogP contribution is 2.21. The van der Waals surface area contributed by atoms with Crippen molar-refractivity contribution in [1.82, 2.24) is 20.1 Å². The molecule has 1 aromatic carbocycles. The third-order valence-electron chi connectivity index (χ3n) is 2.42. The second-order valence-electron chi connectivity index (χ2n) is 3.67. The first-order chi connectivity index (χ1) is 9.24. The van der Waals surface area contributed by atoms with Crippen molar-refractivity contribution in [3.05, 3.63) is 30.6 Å². The Labute approximate surface area is 115 Å². The van der Waals surface area contributed by atoms with E-state index in [1.807, 2.05) is 48.3 Å². The summed E-state index contributed by atoms with van der Waals surface area (Å²) in [6, 6.07) is 7.60. The topological polar surface area (TPSA) is 78.9 Å². The summed E-state index contributed by atoms with van der Waals surface area (Å²) in [6.07, 6.45) is 5.37. The lowest BCUT2D eigenvalue weighted by Gasteiger charge is -2.02. The number of amidine groups is 1. The third kappa shape index (κ3) is 3.11. The van der Waals surface area contributed by atoms with Crippen LogP contribution in [0.4, 0.5) is 5.69 Å². The van der Waals surface area contributed by atoms with Gasteiger partial charge in [-0.1, -0.05) is 11.8 Å². The van der Waals surface area contributed by atoms with Crippen LogP contribution in [0.15, 0.2) is 35.6 Å². The quantitative estimate of drug-likeness (QED) is 0.391. The molecular weight excluding hydrogens is 260 g/mol. The first-order valence-electron chi connectivity index (χ1n) is 5.47. The molecule has 2 rings (SSSR count). The third-order valence-corrected chi connectivity index (χ3v) is 3.00. The van der Waals surface area contributed by atoms with Crippen LogP contribution in [0, 0.1) is 11.5 Å². The lowest BCUT2D eigenvalue weighted by atomic mass is 10.2. The summed E-state index contributed by atoms with van der Waals surface area (Å²) in [5, 5.41) is 19.5. The molecule has 1 aromatic heterocycles. The number of aryl methyl sites for hydroxylation is 1. The molecule has 2 aromatic rings. The summed E-state index contributed by atoms with van der Waals surface area (Å²) in [4.78, 5) is 4.31. The smallest absolute Gasteiger partial charge is 0.183 e. The molecule has 0 radical (unpaired) electrons. The van der Waals surface area contributed by atoms with Gasteiger partial charge in [0.05, 0.1) is 5.69 Å². The van der Waals surface area contributed by atoms with E-state index < -0.39 is 0 Å². The Balaban J connectivity index is 2.24. The van der Waals surface area contributed by atoms with Gasteiger partial charge in [0.2, 0.25) is 0 Å². The minimum absolute atomic E-state index is 0.564. The van der Waals surface area contributed by atoms with Crippen LogP contribution < -0.4 is 5.32 Å². The van der Waals surface area contributed by atoms with Gasteiger partial charge >= 0.3 is 0 Å². The Bertz CT molecular complexity index is 622. The van der Waals surface area contributed by atoms with E-state index >= 15 is 0 Å². The zero-order chi connectivity index (χ0) is 13.7. The van der Waals surface area contributed by atoms with Crippen LogP contribution in [0.5, 0.6) is 0 Å². The van der Waals surface area contributed by atoms with Crippen molar-refractivity contribution in [2.24, 2.45) is 12.0 Å². The molecule has 0 bridgehead atoms. The largest absolute Gasteiger partial charge is 0.317 e. The number of hydrogen-bond donors (Lipinski definition) is 1. The molecule has 6 nitrogen and oxygen atoms in total. The van der Waals surface area contributed by atoms with Crippen LogP contribution in [0.3, 0.4) is 0 Å². The molecular formula is C12H12N6S. The molecule has 0 saturated carbocycles. The number of rotatable bonds is 2. The molecule has 96 valence electrons. The van der Waals surface area contributed by atoms with Gasteiger partial charge in [-0.05, 0) is 30.5 Å². The Morgan fingerprint density at radius 1 is 1.42 bits per heavy atom. The van der Waals surface area contributed by atoms with Gasteiger partial charge in [0.1, 0.15) is 6.33 Å². The molecule has 0 aliphatic heterocycles. The fraction of sp³-hybridized carbons (Fsp3) is 0.167. The minimum Gasteiger partial charge on any atom is -0.317 e. The Kier molecular flexibility index (Phi) is 4.15. The number of nitriles is 1. The summed E-state index contributed by atoms with van der Waals surface area (Å²) in [5.41, 5.74) is 1.75. The minimum atomic E-state index is 0.564. The Morgan fingerprint density at radius 3 is 2.68 bits per heavy atom. The van der Waals surface area contributed by atoms with E-state index in [2.05, 4.69) is 20.5 Å². The monoisotopic (exact) mass is 272 g/mol. The normalized spacial score (nSPS) is 11.1. The summed E-state index contributed by atoms with van der Waals surface area (Å²) in [5.74, 6) is 0.802. The summed E-state index contributed by atoms with van der Waals surface area (Å²) in [6.45, 7) is 0. The van der Waals surface area contributed by atoms with E-state index in [4.69, 9.17) is 5.26 Å². The van der Waals surface area contributed by atoms with Crippen molar-refractivity contribution >= 4 is 22.6 Å². The zero-order valence-corrected chi connectivity index (χ0v) is 11.3. The van der Waals surface area contributed by atoms with Gasteiger partial charge in [0.25, 0.3) is 0 Å². The molecule has 0 atom stereocenters. The second-order valence-corrected chi connectivity index (χ2v) is 4.47. The van der Waals surface area contributed by atoms with Gasteiger partial charge in [0.15, 0.2) is 17.2 Å². The van der Waals surface area contributed by atoms with Gasteiger partial charge in [0, 0.05) is 12.6 Å². The number of thioether (sulfide) groups is 1. The lowest BCUT2D eigenvalue weighted by molar-refractivity contribution is 0.920. The van der Waals surface area contributed by atoms with Crippen LogP contribution in [0.25, 0.3) is 11.4 Å². The van der Waals surface area contributed by atoms with Gasteiger partial charge in [-0.15, -0.1) is 10.2 Å². The van der Waals surface area contributed by atoms with Gasteiger partial charge in [-0.25, -0.2) is 4.99 Å². The van der Waals surface area contributed by atoms with Crippen molar-refractivity contribution in [3.63, 3.8) is 0 Å². The molecule has 0 fully saturated rings. The summed E-state index contributed by atoms with van der Waals surface area (Å²) >= 11 is 1.38. The maximum Gasteiger partial charge on any atom is 0.183 e. The Morgan fingerprint density at radius 2 is 2.16 bits per heavy atom. The standard InChI is InChI=1S/C12H12N6S/c1-18-8-15-17-11(18)9-3-5-10(6-4-9)16-12(19-2)14-7-13/h3-6,8H,1-2H3,(H,14,16). The lowest BCUT2D eigenvalue weighted by Crippen LogP contribution is -2.12. The number of aliphatic imine (C=N–C) groups is 1. The molecule has 0 aliphatic rings. The average molecular weight is 272 g/mol. The first kappa shape index (κ1) is 13.1. The van der Waals surface area contributed by atoms with Crippen LogP contribution in [-0.2, 0) is 7.05 Å². The van der Waals surface area contributed by atoms with Gasteiger partial charge < -0.3 is 4.57 Å².